The molecule has 0 bridgehead atoms. The number of thiocarbonyl (C=S) groups is 1. The van der Waals surface area contributed by atoms with Crippen molar-refractivity contribution in [1.82, 2.24) is 0 Å². The summed E-state index contributed by atoms with van der Waals surface area (Å²) in [5, 5.41) is 14.2. The first-order chi connectivity index (χ1) is 14.5. The van der Waals surface area contributed by atoms with Crippen molar-refractivity contribution in [2.75, 3.05) is 12.4 Å². The molecule has 0 saturated carbocycles. The third-order valence-electron chi connectivity index (χ3n) is 4.91. The fourth-order valence-corrected chi connectivity index (χ4v) is 3.38. The zero-order chi connectivity index (χ0) is 21.7. The van der Waals surface area contributed by atoms with Crippen molar-refractivity contribution in [1.29, 1.82) is 0 Å². The van der Waals surface area contributed by atoms with Gasteiger partial charge in [-0.05, 0) is 30.0 Å². The van der Waals surface area contributed by atoms with Crippen LogP contribution in [0.1, 0.15) is 32.3 Å². The first-order valence-corrected chi connectivity index (χ1v) is 10.3. The molecule has 0 aliphatic heterocycles. The Morgan fingerprint density at radius 3 is 2.47 bits per heavy atom. The van der Waals surface area contributed by atoms with E-state index in [4.69, 9.17) is 21.4 Å². The van der Waals surface area contributed by atoms with Gasteiger partial charge in [0.1, 0.15) is 6.04 Å². The number of hydrogen-bond acceptors (Lipinski definition) is 6. The van der Waals surface area contributed by atoms with Gasteiger partial charge in [-0.2, -0.15) is 0 Å². The van der Waals surface area contributed by atoms with E-state index in [1.165, 1.54) is 7.11 Å². The quantitative estimate of drug-likeness (QED) is 0.271. The summed E-state index contributed by atoms with van der Waals surface area (Å²) < 4.78 is 10.9. The van der Waals surface area contributed by atoms with Gasteiger partial charge in [-0.1, -0.05) is 74.6 Å². The van der Waals surface area contributed by atoms with E-state index in [1.807, 2.05) is 68.4 Å². The normalized spacial score (nSPS) is 11.7. The minimum atomic E-state index is -0.608. The molecule has 6 heteroatoms. The molecule has 1 heterocycles. The minimum Gasteiger partial charge on any atom is -0.504 e. The van der Waals surface area contributed by atoms with Gasteiger partial charge in [0.05, 0.1) is 12.7 Å². The molecule has 3 aromatic rings. The van der Waals surface area contributed by atoms with Crippen molar-refractivity contribution < 1.29 is 19.1 Å². The molecule has 2 aromatic carbocycles. The highest BCUT2D eigenvalue weighted by molar-refractivity contribution is 7.80. The van der Waals surface area contributed by atoms with E-state index in [2.05, 4.69) is 5.32 Å². The number of ether oxygens (including phenoxy) is 1. The minimum absolute atomic E-state index is 0.00276. The van der Waals surface area contributed by atoms with E-state index in [-0.39, 0.29) is 5.75 Å². The highest BCUT2D eigenvalue weighted by Crippen LogP contribution is 2.46. The van der Waals surface area contributed by atoms with Crippen molar-refractivity contribution in [2.24, 2.45) is 0 Å². The highest BCUT2D eigenvalue weighted by atomic mass is 32.1. The fraction of sp³-hybridized carbons (Fsp3) is 0.250. The number of carbonyl (C=O) groups is 1. The number of esters is 1. The zero-order valence-electron chi connectivity index (χ0n) is 17.3. The Bertz CT molecular complexity index is 1040. The molecule has 0 spiro atoms. The van der Waals surface area contributed by atoms with Gasteiger partial charge in [0.15, 0.2) is 11.5 Å². The van der Waals surface area contributed by atoms with Gasteiger partial charge in [0.25, 0.3) is 0 Å². The Morgan fingerprint density at radius 1 is 1.13 bits per heavy atom. The standard InChI is InChI=1S/C24H25NO4S/c1-4-18(24(27)28-3)25-23-20(17-13-9-12-16(14-17)19(30)5-2)21(26)22(29-23)15-10-7-6-8-11-15/h6-14,18,25-26H,4-5H2,1-3H3. The Labute approximate surface area is 181 Å². The summed E-state index contributed by atoms with van der Waals surface area (Å²) in [5.74, 6) is 0.240. The van der Waals surface area contributed by atoms with Crippen LogP contribution in [0.5, 0.6) is 5.75 Å². The molecule has 0 aliphatic rings. The summed E-state index contributed by atoms with van der Waals surface area (Å²) >= 11 is 5.45. The van der Waals surface area contributed by atoms with Crippen molar-refractivity contribution in [3.05, 3.63) is 60.2 Å². The molecule has 1 unspecified atom stereocenters. The number of rotatable bonds is 8. The molecule has 2 N–H and O–H groups in total. The molecular weight excluding hydrogens is 398 g/mol. The summed E-state index contributed by atoms with van der Waals surface area (Å²) in [5.41, 5.74) is 2.87. The molecule has 0 amide bonds. The molecule has 30 heavy (non-hydrogen) atoms. The molecule has 0 radical (unpaired) electrons. The van der Waals surface area contributed by atoms with E-state index in [0.29, 0.717) is 23.6 Å². The second-order valence-corrected chi connectivity index (χ2v) is 7.33. The Kier molecular flexibility index (Phi) is 6.90. The number of aromatic hydroxyl groups is 1. The van der Waals surface area contributed by atoms with Gasteiger partial charge >= 0.3 is 5.97 Å². The van der Waals surface area contributed by atoms with Gasteiger partial charge in [0, 0.05) is 10.4 Å². The van der Waals surface area contributed by atoms with Crippen LogP contribution in [0, 0.1) is 0 Å². The van der Waals surface area contributed by atoms with Crippen LogP contribution < -0.4 is 5.32 Å². The third-order valence-corrected chi connectivity index (χ3v) is 5.44. The maximum absolute atomic E-state index is 12.1. The highest BCUT2D eigenvalue weighted by Gasteiger charge is 2.26. The Morgan fingerprint density at radius 2 is 1.83 bits per heavy atom. The van der Waals surface area contributed by atoms with Crippen LogP contribution >= 0.6 is 12.2 Å². The van der Waals surface area contributed by atoms with Crippen LogP contribution in [0.25, 0.3) is 22.5 Å². The fourth-order valence-electron chi connectivity index (χ4n) is 3.26. The number of anilines is 1. The van der Waals surface area contributed by atoms with Crippen molar-refractivity contribution in [2.45, 2.75) is 32.7 Å². The van der Waals surface area contributed by atoms with E-state index >= 15 is 0 Å². The van der Waals surface area contributed by atoms with E-state index in [1.54, 1.807) is 0 Å². The van der Waals surface area contributed by atoms with Gasteiger partial charge < -0.3 is 19.6 Å². The van der Waals surface area contributed by atoms with Crippen LogP contribution in [-0.2, 0) is 9.53 Å². The summed E-state index contributed by atoms with van der Waals surface area (Å²) in [6.07, 6.45) is 1.24. The average Bonchev–Trinajstić information content (AvgIpc) is 3.12. The number of furan rings is 1. The molecule has 1 atom stereocenters. The second-order valence-electron chi connectivity index (χ2n) is 6.84. The second kappa shape index (κ2) is 9.59. The Hall–Kier alpha value is -3.12. The van der Waals surface area contributed by atoms with Gasteiger partial charge in [-0.3, -0.25) is 0 Å². The number of nitrogens with one attached hydrogen (secondary N) is 1. The number of benzene rings is 2. The lowest BCUT2D eigenvalue weighted by molar-refractivity contribution is -0.141. The molecule has 0 fully saturated rings. The monoisotopic (exact) mass is 423 g/mol. The molecule has 156 valence electrons. The SMILES string of the molecule is CCC(=S)c1cccc(-c2c(NC(CC)C(=O)OC)oc(-c3ccccc3)c2O)c1. The van der Waals surface area contributed by atoms with Crippen molar-refractivity contribution in [3.8, 4) is 28.2 Å². The average molecular weight is 424 g/mol. The van der Waals surface area contributed by atoms with Crippen LogP contribution in [0.4, 0.5) is 5.88 Å². The number of carbonyl (C=O) groups excluding carboxylic acids is 1. The topological polar surface area (TPSA) is 71.7 Å². The van der Waals surface area contributed by atoms with Gasteiger partial charge in [-0.15, -0.1) is 0 Å². The van der Waals surface area contributed by atoms with Crippen molar-refractivity contribution >= 4 is 28.9 Å². The number of hydrogen-bond donors (Lipinski definition) is 2. The van der Waals surface area contributed by atoms with Crippen LogP contribution in [-0.4, -0.2) is 29.1 Å². The summed E-state index contributed by atoms with van der Waals surface area (Å²) in [7, 11) is 1.34. The van der Waals surface area contributed by atoms with E-state index in [0.717, 1.165) is 28.0 Å². The summed E-state index contributed by atoms with van der Waals surface area (Å²) in [6, 6.07) is 16.4. The first-order valence-electron chi connectivity index (χ1n) is 9.89. The summed E-state index contributed by atoms with van der Waals surface area (Å²) in [6.45, 7) is 3.88. The molecular formula is C24H25NO4S. The lowest BCUT2D eigenvalue weighted by atomic mass is 10.0. The Balaban J connectivity index is 2.16. The first kappa shape index (κ1) is 21.6. The van der Waals surface area contributed by atoms with Crippen LogP contribution in [0.2, 0.25) is 0 Å². The predicted octanol–water partition coefficient (Wildman–Crippen LogP) is 5.81. The molecule has 1 aromatic heterocycles. The maximum atomic E-state index is 12.1. The smallest absolute Gasteiger partial charge is 0.328 e. The van der Waals surface area contributed by atoms with Crippen molar-refractivity contribution in [3.63, 3.8) is 0 Å². The zero-order valence-corrected chi connectivity index (χ0v) is 18.1. The molecule has 5 nitrogen and oxygen atoms in total. The maximum Gasteiger partial charge on any atom is 0.328 e. The molecule has 0 saturated heterocycles. The van der Waals surface area contributed by atoms with Gasteiger partial charge in [0.2, 0.25) is 5.88 Å². The van der Waals surface area contributed by atoms with E-state index in [9.17, 15) is 9.90 Å². The van der Waals surface area contributed by atoms with Crippen LogP contribution in [0.15, 0.2) is 59.0 Å². The predicted molar refractivity (Wildman–Crippen MR) is 123 cm³/mol. The molecule has 0 aliphatic carbocycles. The summed E-state index contributed by atoms with van der Waals surface area (Å²) in [4.78, 5) is 13.0. The third kappa shape index (κ3) is 4.39. The van der Waals surface area contributed by atoms with Crippen LogP contribution in [0.3, 0.4) is 0 Å². The largest absolute Gasteiger partial charge is 0.504 e. The lowest BCUT2D eigenvalue weighted by Crippen LogP contribution is -2.29. The molecule has 3 rings (SSSR count). The van der Waals surface area contributed by atoms with E-state index < -0.39 is 12.0 Å². The number of methoxy groups -OCH3 is 1. The lowest BCUT2D eigenvalue weighted by Gasteiger charge is -2.15. The van der Waals surface area contributed by atoms with Gasteiger partial charge in [-0.25, -0.2) is 4.79 Å².